The molecule has 0 unspecified atom stereocenters. The summed E-state index contributed by atoms with van der Waals surface area (Å²) in [6.45, 7) is 6.10. The fourth-order valence-electron chi connectivity index (χ4n) is 2.93. The van der Waals surface area contributed by atoms with Gasteiger partial charge in [-0.1, -0.05) is 0 Å². The van der Waals surface area contributed by atoms with E-state index in [9.17, 15) is 13.2 Å². The first-order chi connectivity index (χ1) is 10.5. The lowest BCUT2D eigenvalue weighted by molar-refractivity contribution is -0.126. The van der Waals surface area contributed by atoms with Crippen LogP contribution in [0.3, 0.4) is 0 Å². The Balaban J connectivity index is 1.60. The van der Waals surface area contributed by atoms with Gasteiger partial charge in [0.15, 0.2) is 0 Å². The van der Waals surface area contributed by atoms with Crippen molar-refractivity contribution in [1.82, 2.24) is 14.5 Å². The number of hydrogen-bond acceptors (Lipinski definition) is 5. The van der Waals surface area contributed by atoms with Crippen LogP contribution in [0.2, 0.25) is 0 Å². The number of rotatable bonds is 6. The SMILES string of the molecule is CS(=O)(=O)N1CCC(C(=O)NCCCN2CCOCC2)CC1. The maximum absolute atomic E-state index is 12.1. The van der Waals surface area contributed by atoms with Gasteiger partial charge in [-0.25, -0.2) is 12.7 Å². The van der Waals surface area contributed by atoms with Gasteiger partial charge in [0.25, 0.3) is 0 Å². The van der Waals surface area contributed by atoms with Crippen molar-refractivity contribution >= 4 is 15.9 Å². The van der Waals surface area contributed by atoms with Gasteiger partial charge >= 0.3 is 0 Å². The third-order valence-corrected chi connectivity index (χ3v) is 5.65. The van der Waals surface area contributed by atoms with Crippen molar-refractivity contribution in [2.45, 2.75) is 19.3 Å². The van der Waals surface area contributed by atoms with Crippen LogP contribution in [0.5, 0.6) is 0 Å². The van der Waals surface area contributed by atoms with Gasteiger partial charge in [-0.2, -0.15) is 0 Å². The Morgan fingerprint density at radius 3 is 2.41 bits per heavy atom. The molecule has 0 aromatic carbocycles. The van der Waals surface area contributed by atoms with Crippen LogP contribution < -0.4 is 5.32 Å². The molecule has 7 nitrogen and oxygen atoms in total. The molecule has 1 amide bonds. The van der Waals surface area contributed by atoms with Crippen LogP contribution in [0.4, 0.5) is 0 Å². The maximum atomic E-state index is 12.1. The molecule has 0 aliphatic carbocycles. The molecule has 0 aromatic rings. The van der Waals surface area contributed by atoms with E-state index in [0.717, 1.165) is 39.3 Å². The normalized spacial score (nSPS) is 22.6. The zero-order valence-corrected chi connectivity index (χ0v) is 14.1. The van der Waals surface area contributed by atoms with E-state index in [1.165, 1.54) is 10.6 Å². The lowest BCUT2D eigenvalue weighted by Gasteiger charge is -2.29. The minimum atomic E-state index is -3.12. The summed E-state index contributed by atoms with van der Waals surface area (Å²) in [5.41, 5.74) is 0. The summed E-state index contributed by atoms with van der Waals surface area (Å²) in [7, 11) is -3.12. The Morgan fingerprint density at radius 1 is 1.18 bits per heavy atom. The van der Waals surface area contributed by atoms with Crippen LogP contribution >= 0.6 is 0 Å². The van der Waals surface area contributed by atoms with Gasteiger partial charge in [-0.05, 0) is 25.8 Å². The van der Waals surface area contributed by atoms with Gasteiger partial charge in [0.1, 0.15) is 0 Å². The molecule has 2 fully saturated rings. The zero-order valence-electron chi connectivity index (χ0n) is 13.3. The smallest absolute Gasteiger partial charge is 0.223 e. The highest BCUT2D eigenvalue weighted by Crippen LogP contribution is 2.19. The van der Waals surface area contributed by atoms with Gasteiger partial charge in [-0.15, -0.1) is 0 Å². The Bertz CT molecular complexity index is 455. The summed E-state index contributed by atoms with van der Waals surface area (Å²) < 4.78 is 29.6. The van der Waals surface area contributed by atoms with Gasteiger partial charge in [0.2, 0.25) is 15.9 Å². The Labute approximate surface area is 133 Å². The molecular weight excluding hydrogens is 306 g/mol. The molecule has 0 aromatic heterocycles. The number of ether oxygens (including phenoxy) is 1. The van der Waals surface area contributed by atoms with Crippen molar-refractivity contribution in [3.63, 3.8) is 0 Å². The summed E-state index contributed by atoms with van der Waals surface area (Å²) in [5, 5.41) is 2.98. The lowest BCUT2D eigenvalue weighted by atomic mass is 9.97. The molecule has 2 aliphatic heterocycles. The van der Waals surface area contributed by atoms with Crippen molar-refractivity contribution in [2.24, 2.45) is 5.92 Å². The highest BCUT2D eigenvalue weighted by Gasteiger charge is 2.28. The van der Waals surface area contributed by atoms with Crippen molar-refractivity contribution in [3.8, 4) is 0 Å². The Kier molecular flexibility index (Phi) is 6.61. The summed E-state index contributed by atoms with van der Waals surface area (Å²) in [6.07, 6.45) is 3.39. The average Bonchev–Trinajstić information content (AvgIpc) is 2.52. The highest BCUT2D eigenvalue weighted by molar-refractivity contribution is 7.88. The highest BCUT2D eigenvalue weighted by atomic mass is 32.2. The van der Waals surface area contributed by atoms with E-state index in [2.05, 4.69) is 10.2 Å². The molecule has 0 radical (unpaired) electrons. The van der Waals surface area contributed by atoms with Gasteiger partial charge < -0.3 is 10.1 Å². The third-order valence-electron chi connectivity index (χ3n) is 4.35. The zero-order chi connectivity index (χ0) is 16.0. The molecular formula is C14H27N3O4S. The number of piperidine rings is 1. The van der Waals surface area contributed by atoms with Crippen molar-refractivity contribution in [1.29, 1.82) is 0 Å². The van der Waals surface area contributed by atoms with Gasteiger partial charge in [0.05, 0.1) is 19.5 Å². The first-order valence-corrected chi connectivity index (χ1v) is 9.84. The first kappa shape index (κ1) is 17.7. The molecule has 2 saturated heterocycles. The Morgan fingerprint density at radius 2 is 1.82 bits per heavy atom. The average molecular weight is 333 g/mol. The minimum absolute atomic E-state index is 0.0543. The van der Waals surface area contributed by atoms with Crippen LogP contribution in [0, 0.1) is 5.92 Å². The van der Waals surface area contributed by atoms with Crippen molar-refractivity contribution in [3.05, 3.63) is 0 Å². The summed E-state index contributed by atoms with van der Waals surface area (Å²) in [6, 6.07) is 0. The van der Waals surface area contributed by atoms with E-state index in [0.29, 0.717) is 32.5 Å². The molecule has 2 aliphatic rings. The monoisotopic (exact) mass is 333 g/mol. The molecule has 8 heteroatoms. The first-order valence-electron chi connectivity index (χ1n) is 8.00. The second-order valence-electron chi connectivity index (χ2n) is 6.03. The van der Waals surface area contributed by atoms with Crippen LogP contribution in [0.1, 0.15) is 19.3 Å². The summed E-state index contributed by atoms with van der Waals surface area (Å²) in [5.74, 6) is 0.0107. The largest absolute Gasteiger partial charge is 0.379 e. The van der Waals surface area contributed by atoms with Crippen LogP contribution in [-0.2, 0) is 19.6 Å². The molecule has 2 heterocycles. The van der Waals surface area contributed by atoms with E-state index in [4.69, 9.17) is 4.74 Å². The number of carbonyl (C=O) groups is 1. The molecule has 2 rings (SSSR count). The lowest BCUT2D eigenvalue weighted by Crippen LogP contribution is -2.43. The molecule has 0 saturated carbocycles. The van der Waals surface area contributed by atoms with Gasteiger partial charge in [0, 0.05) is 38.6 Å². The summed E-state index contributed by atoms with van der Waals surface area (Å²) >= 11 is 0. The molecule has 22 heavy (non-hydrogen) atoms. The number of carbonyl (C=O) groups excluding carboxylic acids is 1. The molecule has 0 atom stereocenters. The number of morpholine rings is 1. The maximum Gasteiger partial charge on any atom is 0.223 e. The standard InChI is InChI=1S/C14H27N3O4S/c1-22(19,20)17-7-3-13(4-8-17)14(18)15-5-2-6-16-9-11-21-12-10-16/h13H,2-12H2,1H3,(H,15,18). The predicted molar refractivity (Wildman–Crippen MR) is 84.0 cm³/mol. The molecule has 1 N–H and O–H groups in total. The topological polar surface area (TPSA) is 79.0 Å². The van der Waals surface area contributed by atoms with Crippen molar-refractivity contribution in [2.75, 3.05) is 58.7 Å². The number of hydrogen-bond donors (Lipinski definition) is 1. The minimum Gasteiger partial charge on any atom is -0.379 e. The summed E-state index contributed by atoms with van der Waals surface area (Å²) in [4.78, 5) is 14.4. The second-order valence-corrected chi connectivity index (χ2v) is 8.02. The van der Waals surface area contributed by atoms with E-state index in [1.54, 1.807) is 0 Å². The molecule has 128 valence electrons. The second kappa shape index (κ2) is 8.24. The van der Waals surface area contributed by atoms with E-state index < -0.39 is 10.0 Å². The van der Waals surface area contributed by atoms with E-state index >= 15 is 0 Å². The van der Waals surface area contributed by atoms with E-state index in [-0.39, 0.29) is 11.8 Å². The number of nitrogens with one attached hydrogen (secondary N) is 1. The predicted octanol–water partition coefficient (Wildman–Crippen LogP) is -0.503. The van der Waals surface area contributed by atoms with E-state index in [1.807, 2.05) is 0 Å². The molecule has 0 bridgehead atoms. The number of sulfonamides is 1. The van der Waals surface area contributed by atoms with Crippen molar-refractivity contribution < 1.29 is 17.9 Å². The fourth-order valence-corrected chi connectivity index (χ4v) is 3.81. The van der Waals surface area contributed by atoms with Gasteiger partial charge in [-0.3, -0.25) is 9.69 Å². The Hall–Kier alpha value is -0.700. The fraction of sp³-hybridized carbons (Fsp3) is 0.929. The quantitative estimate of drug-likeness (QED) is 0.663. The molecule has 0 spiro atoms. The number of amides is 1. The van der Waals surface area contributed by atoms with Crippen LogP contribution in [-0.4, -0.2) is 82.3 Å². The third kappa shape index (κ3) is 5.49. The number of nitrogens with zero attached hydrogens (tertiary/aromatic N) is 2. The van der Waals surface area contributed by atoms with Crippen LogP contribution in [0.25, 0.3) is 0 Å². The van der Waals surface area contributed by atoms with Crippen LogP contribution in [0.15, 0.2) is 0 Å².